The summed E-state index contributed by atoms with van der Waals surface area (Å²) in [6, 6.07) is 18.7. The summed E-state index contributed by atoms with van der Waals surface area (Å²) >= 11 is 7.49. The van der Waals surface area contributed by atoms with Crippen LogP contribution in [0, 0.1) is 6.92 Å². The van der Waals surface area contributed by atoms with E-state index in [1.165, 1.54) is 11.3 Å². The van der Waals surface area contributed by atoms with E-state index >= 15 is 0 Å². The quantitative estimate of drug-likeness (QED) is 0.506. The number of hydrogen-bond acceptors (Lipinski definition) is 4. The van der Waals surface area contributed by atoms with E-state index in [4.69, 9.17) is 11.6 Å². The number of rotatable bonds is 3. The van der Waals surface area contributed by atoms with Gasteiger partial charge in [0.15, 0.2) is 0 Å². The van der Waals surface area contributed by atoms with Crippen molar-refractivity contribution in [3.05, 3.63) is 76.3 Å². The highest BCUT2D eigenvalue weighted by molar-refractivity contribution is 7.19. The number of anilines is 1. The molecule has 0 atom stereocenters. The summed E-state index contributed by atoms with van der Waals surface area (Å²) in [5.41, 5.74) is 2.88. The van der Waals surface area contributed by atoms with E-state index in [9.17, 15) is 4.79 Å². The third-order valence-corrected chi connectivity index (χ3v) is 5.17. The van der Waals surface area contributed by atoms with Gasteiger partial charge in [0.25, 0.3) is 5.91 Å². The molecule has 0 unspecified atom stereocenters. The van der Waals surface area contributed by atoms with Crippen LogP contribution >= 0.6 is 22.9 Å². The van der Waals surface area contributed by atoms with E-state index in [-0.39, 0.29) is 5.91 Å². The van der Waals surface area contributed by atoms with Crippen molar-refractivity contribution in [2.45, 2.75) is 6.92 Å². The first-order chi connectivity index (χ1) is 12.6. The number of pyridine rings is 2. The van der Waals surface area contributed by atoms with Crippen LogP contribution in [0.1, 0.15) is 16.1 Å². The molecule has 26 heavy (non-hydrogen) atoms. The van der Waals surface area contributed by atoms with E-state index in [2.05, 4.69) is 15.3 Å². The highest BCUT2D eigenvalue weighted by Gasteiger charge is 2.15. The number of hydrogen-bond donors (Lipinski definition) is 1. The Hall–Kier alpha value is -2.76. The molecule has 0 saturated carbocycles. The maximum atomic E-state index is 12.9. The maximum Gasteiger partial charge on any atom is 0.257 e. The number of aryl methyl sites for hydroxylation is 1. The average Bonchev–Trinajstić information content (AvgIpc) is 3.07. The Bertz CT molecular complexity index is 1120. The lowest BCUT2D eigenvalue weighted by Crippen LogP contribution is -2.14. The zero-order valence-corrected chi connectivity index (χ0v) is 15.4. The molecule has 128 valence electrons. The molecular weight excluding hydrogens is 366 g/mol. The zero-order chi connectivity index (χ0) is 18.1. The van der Waals surface area contributed by atoms with Gasteiger partial charge in [-0.05, 0) is 43.3 Å². The molecule has 0 fully saturated rings. The number of aromatic nitrogens is 2. The van der Waals surface area contributed by atoms with Crippen LogP contribution < -0.4 is 5.32 Å². The van der Waals surface area contributed by atoms with Crippen LogP contribution in [0.15, 0.2) is 60.7 Å². The third-order valence-electron chi connectivity index (χ3n) is 3.92. The molecule has 0 aliphatic heterocycles. The Morgan fingerprint density at radius 2 is 1.88 bits per heavy atom. The summed E-state index contributed by atoms with van der Waals surface area (Å²) in [5, 5.41) is 3.67. The van der Waals surface area contributed by atoms with Crippen LogP contribution in [0.5, 0.6) is 0 Å². The third kappa shape index (κ3) is 3.31. The van der Waals surface area contributed by atoms with Crippen LogP contribution in [0.4, 0.5) is 5.82 Å². The Balaban J connectivity index is 1.81. The molecule has 0 aliphatic carbocycles. The topological polar surface area (TPSA) is 54.9 Å². The summed E-state index contributed by atoms with van der Waals surface area (Å²) in [7, 11) is 0. The van der Waals surface area contributed by atoms with Crippen molar-refractivity contribution in [1.29, 1.82) is 0 Å². The lowest BCUT2D eigenvalue weighted by Gasteiger charge is -2.10. The number of para-hydroxylation sites is 1. The Morgan fingerprint density at radius 1 is 1.04 bits per heavy atom. The van der Waals surface area contributed by atoms with Crippen molar-refractivity contribution in [2.75, 3.05) is 5.32 Å². The van der Waals surface area contributed by atoms with E-state index < -0.39 is 0 Å². The molecule has 1 N–H and O–H groups in total. The zero-order valence-electron chi connectivity index (χ0n) is 13.9. The van der Waals surface area contributed by atoms with Gasteiger partial charge in [-0.15, -0.1) is 11.3 Å². The van der Waals surface area contributed by atoms with Gasteiger partial charge < -0.3 is 5.32 Å². The van der Waals surface area contributed by atoms with Crippen LogP contribution in [0.3, 0.4) is 0 Å². The van der Waals surface area contributed by atoms with Crippen molar-refractivity contribution in [2.24, 2.45) is 0 Å². The highest BCUT2D eigenvalue weighted by atomic mass is 35.5. The van der Waals surface area contributed by atoms with Crippen molar-refractivity contribution >= 4 is 45.6 Å². The Labute approximate surface area is 159 Å². The fourth-order valence-corrected chi connectivity index (χ4v) is 3.74. The molecule has 0 spiro atoms. The molecule has 1 aromatic carbocycles. The minimum absolute atomic E-state index is 0.217. The van der Waals surface area contributed by atoms with Gasteiger partial charge in [0, 0.05) is 11.1 Å². The van der Waals surface area contributed by atoms with Gasteiger partial charge in [-0.2, -0.15) is 0 Å². The van der Waals surface area contributed by atoms with E-state index in [0.717, 1.165) is 27.2 Å². The SMILES string of the molecule is Cc1cccc(NC(=O)c2cc(-c3ccc(Cl)s3)nc3ccccc23)n1. The monoisotopic (exact) mass is 379 g/mol. The van der Waals surface area contributed by atoms with Gasteiger partial charge in [-0.3, -0.25) is 4.79 Å². The normalized spacial score (nSPS) is 10.8. The number of carbonyl (C=O) groups is 1. The van der Waals surface area contributed by atoms with Gasteiger partial charge in [0.05, 0.1) is 26.0 Å². The van der Waals surface area contributed by atoms with Crippen LogP contribution in [0.25, 0.3) is 21.5 Å². The first-order valence-corrected chi connectivity index (χ1v) is 9.20. The fraction of sp³-hybridized carbons (Fsp3) is 0.0500. The minimum Gasteiger partial charge on any atom is -0.307 e. The standard InChI is InChI=1S/C20H14ClN3OS/c1-12-5-4-8-19(22-12)24-20(25)14-11-16(17-9-10-18(21)26-17)23-15-7-3-2-6-13(14)15/h2-11H,1H3,(H,22,24,25). The molecule has 4 aromatic rings. The second kappa shape index (κ2) is 6.86. The van der Waals surface area contributed by atoms with Crippen molar-refractivity contribution < 1.29 is 4.79 Å². The summed E-state index contributed by atoms with van der Waals surface area (Å²) in [5.74, 6) is 0.308. The van der Waals surface area contributed by atoms with E-state index in [0.29, 0.717) is 15.7 Å². The second-order valence-corrected chi connectivity index (χ2v) is 7.51. The van der Waals surface area contributed by atoms with Gasteiger partial charge in [-0.25, -0.2) is 9.97 Å². The number of carbonyl (C=O) groups excluding carboxylic acids is 1. The molecule has 0 bridgehead atoms. The Morgan fingerprint density at radius 3 is 2.65 bits per heavy atom. The smallest absolute Gasteiger partial charge is 0.257 e. The molecule has 6 heteroatoms. The van der Waals surface area contributed by atoms with Crippen LogP contribution in [-0.2, 0) is 0 Å². The van der Waals surface area contributed by atoms with Crippen molar-refractivity contribution in [3.8, 4) is 10.6 Å². The number of thiophene rings is 1. The first kappa shape index (κ1) is 16.7. The predicted octanol–water partition coefficient (Wildman–Crippen LogP) is 5.57. The molecule has 4 nitrogen and oxygen atoms in total. The van der Waals surface area contributed by atoms with Gasteiger partial charge in [0.1, 0.15) is 5.82 Å². The van der Waals surface area contributed by atoms with Crippen molar-refractivity contribution in [1.82, 2.24) is 9.97 Å². The van der Waals surface area contributed by atoms with Crippen LogP contribution in [-0.4, -0.2) is 15.9 Å². The molecular formula is C20H14ClN3OS. The van der Waals surface area contributed by atoms with E-state index in [1.807, 2.05) is 55.5 Å². The summed E-state index contributed by atoms with van der Waals surface area (Å²) < 4.78 is 0.685. The van der Waals surface area contributed by atoms with E-state index in [1.54, 1.807) is 12.1 Å². The summed E-state index contributed by atoms with van der Waals surface area (Å²) in [4.78, 5) is 22.9. The Kier molecular flexibility index (Phi) is 4.41. The molecule has 0 aliphatic rings. The molecule has 3 aromatic heterocycles. The van der Waals surface area contributed by atoms with Gasteiger partial charge >= 0.3 is 0 Å². The highest BCUT2D eigenvalue weighted by Crippen LogP contribution is 2.32. The van der Waals surface area contributed by atoms with Crippen LogP contribution in [0.2, 0.25) is 4.34 Å². The largest absolute Gasteiger partial charge is 0.307 e. The molecule has 1 amide bonds. The fourth-order valence-electron chi connectivity index (χ4n) is 2.74. The second-order valence-electron chi connectivity index (χ2n) is 5.79. The van der Waals surface area contributed by atoms with Gasteiger partial charge in [0.2, 0.25) is 0 Å². The maximum absolute atomic E-state index is 12.9. The number of amides is 1. The predicted molar refractivity (Wildman–Crippen MR) is 107 cm³/mol. The lowest BCUT2D eigenvalue weighted by molar-refractivity contribution is 0.102. The number of benzene rings is 1. The summed E-state index contributed by atoms with van der Waals surface area (Å²) in [6.45, 7) is 1.89. The molecule has 0 radical (unpaired) electrons. The number of fused-ring (bicyclic) bond motifs is 1. The average molecular weight is 380 g/mol. The molecule has 3 heterocycles. The first-order valence-electron chi connectivity index (χ1n) is 8.01. The number of halogens is 1. The summed E-state index contributed by atoms with van der Waals surface area (Å²) in [6.07, 6.45) is 0. The minimum atomic E-state index is -0.217. The molecule has 4 rings (SSSR count). The molecule has 0 saturated heterocycles. The number of nitrogens with zero attached hydrogens (tertiary/aromatic N) is 2. The lowest BCUT2D eigenvalue weighted by atomic mass is 10.1. The number of nitrogens with one attached hydrogen (secondary N) is 1. The van der Waals surface area contributed by atoms with Crippen molar-refractivity contribution in [3.63, 3.8) is 0 Å². The van der Waals surface area contributed by atoms with Gasteiger partial charge in [-0.1, -0.05) is 35.9 Å².